The monoisotopic (exact) mass is 465 g/mol. The van der Waals surface area contributed by atoms with E-state index < -0.39 is 0 Å². The number of carbonyl (C=O) groups excluding carboxylic acids is 1. The number of rotatable bonds is 7. The lowest BCUT2D eigenvalue weighted by Crippen LogP contribution is -2.48. The molecule has 1 amide bonds. The Labute approximate surface area is 178 Å². The van der Waals surface area contributed by atoms with Gasteiger partial charge < -0.3 is 10.2 Å². The molecule has 3 rings (SSSR count). The van der Waals surface area contributed by atoms with Crippen LogP contribution < -0.4 is 10.2 Å². The first-order valence-corrected chi connectivity index (χ1v) is 11.2. The fourth-order valence-corrected chi connectivity index (χ4v) is 4.52. The summed E-state index contributed by atoms with van der Waals surface area (Å²) in [4.78, 5) is 17.9. The van der Waals surface area contributed by atoms with Crippen molar-refractivity contribution in [3.8, 4) is 0 Å². The number of piperazine rings is 1. The number of anilines is 1. The van der Waals surface area contributed by atoms with Crippen LogP contribution in [0.3, 0.4) is 0 Å². The maximum absolute atomic E-state index is 13.0. The Morgan fingerprint density at radius 3 is 2.54 bits per heavy atom. The third-order valence-corrected chi connectivity index (χ3v) is 6.48. The van der Waals surface area contributed by atoms with E-state index in [-0.39, 0.29) is 11.7 Å². The van der Waals surface area contributed by atoms with Gasteiger partial charge in [-0.05, 0) is 55.0 Å². The van der Waals surface area contributed by atoms with Crippen molar-refractivity contribution >= 4 is 39.3 Å². The normalized spacial score (nSPS) is 14.9. The minimum absolute atomic E-state index is 0.0669. The predicted molar refractivity (Wildman–Crippen MR) is 118 cm³/mol. The molecule has 0 radical (unpaired) electrons. The van der Waals surface area contributed by atoms with E-state index in [9.17, 15) is 9.18 Å². The number of hydrogen-bond acceptors (Lipinski definition) is 4. The van der Waals surface area contributed by atoms with Crippen molar-refractivity contribution in [1.29, 1.82) is 0 Å². The van der Waals surface area contributed by atoms with Crippen LogP contribution >= 0.6 is 27.7 Å². The molecule has 0 atom stereocenters. The smallest absolute Gasteiger partial charge is 0.230 e. The van der Waals surface area contributed by atoms with Crippen molar-refractivity contribution < 1.29 is 9.18 Å². The fourth-order valence-electron chi connectivity index (χ4n) is 3.20. The lowest BCUT2D eigenvalue weighted by Gasteiger charge is -2.36. The standard InChI is InChI=1S/C21H25BrFN3OS/c1-16-14-17(22)2-7-20(16)28-15-21(27)24-8-9-25-10-12-26(13-11-25)19-5-3-18(23)4-6-19/h2-7,14H,8-13,15H2,1H3,(H,24,27). The number of aryl methyl sites for hydroxylation is 1. The first kappa shape index (κ1) is 21.1. The molecule has 0 aliphatic carbocycles. The van der Waals surface area contributed by atoms with E-state index in [0.29, 0.717) is 12.3 Å². The molecule has 1 fully saturated rings. The second-order valence-electron chi connectivity index (χ2n) is 6.85. The summed E-state index contributed by atoms with van der Waals surface area (Å²) in [6, 6.07) is 12.8. The molecule has 7 heteroatoms. The van der Waals surface area contributed by atoms with Gasteiger partial charge in [0.2, 0.25) is 5.91 Å². The Kier molecular flexibility index (Phi) is 7.76. The van der Waals surface area contributed by atoms with Crippen LogP contribution in [-0.2, 0) is 4.79 Å². The lowest BCUT2D eigenvalue weighted by molar-refractivity contribution is -0.118. The zero-order chi connectivity index (χ0) is 19.9. The van der Waals surface area contributed by atoms with Crippen molar-refractivity contribution in [3.63, 3.8) is 0 Å². The molecular weight excluding hydrogens is 441 g/mol. The number of nitrogens with zero attached hydrogens (tertiary/aromatic N) is 2. The number of amides is 1. The molecule has 0 saturated carbocycles. The molecule has 1 heterocycles. The molecule has 0 aromatic heterocycles. The molecule has 1 aliphatic rings. The third-order valence-electron chi connectivity index (χ3n) is 4.81. The van der Waals surface area contributed by atoms with Crippen molar-refractivity contribution in [2.45, 2.75) is 11.8 Å². The van der Waals surface area contributed by atoms with Gasteiger partial charge in [-0.1, -0.05) is 15.9 Å². The molecule has 1 saturated heterocycles. The van der Waals surface area contributed by atoms with Gasteiger partial charge in [-0.2, -0.15) is 0 Å². The number of thioether (sulfide) groups is 1. The molecule has 0 bridgehead atoms. The van der Waals surface area contributed by atoms with Crippen molar-refractivity contribution in [2.75, 3.05) is 49.9 Å². The van der Waals surface area contributed by atoms with Gasteiger partial charge in [0.25, 0.3) is 0 Å². The number of halogens is 2. The van der Waals surface area contributed by atoms with E-state index in [0.717, 1.165) is 47.8 Å². The van der Waals surface area contributed by atoms with Crippen molar-refractivity contribution in [2.24, 2.45) is 0 Å². The first-order valence-electron chi connectivity index (χ1n) is 9.40. The van der Waals surface area contributed by atoms with E-state index in [4.69, 9.17) is 0 Å². The van der Waals surface area contributed by atoms with Crippen molar-refractivity contribution in [1.82, 2.24) is 10.2 Å². The van der Waals surface area contributed by atoms with E-state index in [1.54, 1.807) is 11.8 Å². The van der Waals surface area contributed by atoms with Gasteiger partial charge in [-0.3, -0.25) is 9.69 Å². The molecular formula is C21H25BrFN3OS. The summed E-state index contributed by atoms with van der Waals surface area (Å²) in [7, 11) is 0. The Morgan fingerprint density at radius 2 is 1.86 bits per heavy atom. The van der Waals surface area contributed by atoms with Crippen LogP contribution in [0.4, 0.5) is 10.1 Å². The van der Waals surface area contributed by atoms with Gasteiger partial charge in [0.05, 0.1) is 5.75 Å². The highest BCUT2D eigenvalue weighted by molar-refractivity contribution is 9.10. The Bertz CT molecular complexity index is 795. The maximum Gasteiger partial charge on any atom is 0.230 e. The quantitative estimate of drug-likeness (QED) is 0.628. The van der Waals surface area contributed by atoms with Crippen LogP contribution in [0.5, 0.6) is 0 Å². The second kappa shape index (κ2) is 10.3. The average molecular weight is 466 g/mol. The number of carbonyl (C=O) groups is 1. The SMILES string of the molecule is Cc1cc(Br)ccc1SCC(=O)NCCN1CCN(c2ccc(F)cc2)CC1. The minimum Gasteiger partial charge on any atom is -0.369 e. The highest BCUT2D eigenvalue weighted by atomic mass is 79.9. The molecule has 150 valence electrons. The summed E-state index contributed by atoms with van der Waals surface area (Å²) < 4.78 is 14.1. The summed E-state index contributed by atoms with van der Waals surface area (Å²) in [5.41, 5.74) is 2.24. The van der Waals surface area contributed by atoms with Crippen LogP contribution in [0.2, 0.25) is 0 Å². The summed E-state index contributed by atoms with van der Waals surface area (Å²) in [6.45, 7) is 7.29. The number of benzene rings is 2. The summed E-state index contributed by atoms with van der Waals surface area (Å²) in [5.74, 6) is 0.296. The van der Waals surface area contributed by atoms with Gasteiger partial charge in [0.1, 0.15) is 5.82 Å². The highest BCUT2D eigenvalue weighted by Gasteiger charge is 2.17. The highest BCUT2D eigenvalue weighted by Crippen LogP contribution is 2.25. The van der Waals surface area contributed by atoms with Crippen LogP contribution in [0, 0.1) is 12.7 Å². The summed E-state index contributed by atoms with van der Waals surface area (Å²) in [5, 5.41) is 3.01. The third kappa shape index (κ3) is 6.22. The zero-order valence-corrected chi connectivity index (χ0v) is 18.4. The number of hydrogen-bond donors (Lipinski definition) is 1. The Balaban J connectivity index is 1.33. The zero-order valence-electron chi connectivity index (χ0n) is 16.0. The Hall–Kier alpha value is -1.57. The van der Waals surface area contributed by atoms with Gasteiger partial charge in [0.15, 0.2) is 0 Å². The lowest BCUT2D eigenvalue weighted by atomic mass is 10.2. The molecule has 2 aromatic carbocycles. The average Bonchev–Trinajstić information content (AvgIpc) is 2.68. The largest absolute Gasteiger partial charge is 0.369 e. The topological polar surface area (TPSA) is 35.6 Å². The molecule has 0 unspecified atom stereocenters. The van der Waals surface area contributed by atoms with Crippen LogP contribution in [0.25, 0.3) is 0 Å². The predicted octanol–water partition coefficient (Wildman–Crippen LogP) is 3.93. The van der Waals surface area contributed by atoms with E-state index >= 15 is 0 Å². The second-order valence-corrected chi connectivity index (χ2v) is 8.79. The molecule has 1 N–H and O–H groups in total. The first-order chi connectivity index (χ1) is 13.5. The summed E-state index contributed by atoms with van der Waals surface area (Å²) >= 11 is 5.03. The Morgan fingerprint density at radius 1 is 1.14 bits per heavy atom. The molecule has 1 aliphatic heterocycles. The van der Waals surface area contributed by atoms with Gasteiger partial charge >= 0.3 is 0 Å². The summed E-state index contributed by atoms with van der Waals surface area (Å²) in [6.07, 6.45) is 0. The van der Waals surface area contributed by atoms with Crippen molar-refractivity contribution in [3.05, 3.63) is 58.3 Å². The molecule has 2 aromatic rings. The van der Waals surface area contributed by atoms with E-state index in [1.807, 2.05) is 24.3 Å². The minimum atomic E-state index is -0.202. The van der Waals surface area contributed by atoms with Crippen LogP contribution in [0.1, 0.15) is 5.56 Å². The fraction of sp³-hybridized carbons (Fsp3) is 0.381. The van der Waals surface area contributed by atoms with Crippen LogP contribution in [-0.4, -0.2) is 55.8 Å². The molecule has 28 heavy (non-hydrogen) atoms. The van der Waals surface area contributed by atoms with Gasteiger partial charge in [-0.15, -0.1) is 11.8 Å². The van der Waals surface area contributed by atoms with Gasteiger partial charge in [-0.25, -0.2) is 4.39 Å². The van der Waals surface area contributed by atoms with E-state index in [2.05, 4.69) is 44.0 Å². The van der Waals surface area contributed by atoms with E-state index in [1.165, 1.54) is 17.7 Å². The molecule has 4 nitrogen and oxygen atoms in total. The molecule has 0 spiro atoms. The maximum atomic E-state index is 13.0. The van der Waals surface area contributed by atoms with Crippen LogP contribution in [0.15, 0.2) is 51.8 Å². The van der Waals surface area contributed by atoms with Gasteiger partial charge in [0, 0.05) is 54.3 Å². The number of nitrogens with one attached hydrogen (secondary N) is 1.